The molecule has 2 aromatic carbocycles. The molecule has 21 heavy (non-hydrogen) atoms. The average Bonchev–Trinajstić information content (AvgIpc) is 2.49. The van der Waals surface area contributed by atoms with Crippen LogP contribution in [0.3, 0.4) is 0 Å². The van der Waals surface area contributed by atoms with Gasteiger partial charge in [0.25, 0.3) is 0 Å². The van der Waals surface area contributed by atoms with Crippen LogP contribution in [-0.4, -0.2) is 12.9 Å². The lowest BCUT2D eigenvalue weighted by atomic mass is 10.1. The fourth-order valence-corrected chi connectivity index (χ4v) is 2.21. The van der Waals surface area contributed by atoms with Crippen LogP contribution in [0.5, 0.6) is 5.75 Å². The fourth-order valence-electron chi connectivity index (χ4n) is 1.85. The summed E-state index contributed by atoms with van der Waals surface area (Å²) in [7, 11) is 1.60. The van der Waals surface area contributed by atoms with Crippen LogP contribution in [-0.2, 0) is 0 Å². The van der Waals surface area contributed by atoms with E-state index in [2.05, 4.69) is 34.5 Å². The minimum Gasteiger partial charge on any atom is -0.497 e. The van der Waals surface area contributed by atoms with Gasteiger partial charge in [-0.25, -0.2) is 0 Å². The highest BCUT2D eigenvalue weighted by Crippen LogP contribution is 2.17. The Morgan fingerprint density at radius 2 is 1.76 bits per heavy atom. The van der Waals surface area contributed by atoms with Gasteiger partial charge in [0.05, 0.1) is 13.5 Å². The largest absolute Gasteiger partial charge is 0.497 e. The third-order valence-corrected chi connectivity index (χ3v) is 3.67. The van der Waals surface area contributed by atoms with E-state index in [1.807, 2.05) is 24.3 Å². The molecule has 0 amide bonds. The van der Waals surface area contributed by atoms with Crippen molar-refractivity contribution in [3.05, 3.63) is 69.9 Å². The topological polar surface area (TPSA) is 38.3 Å². The maximum atomic E-state index is 12.2. The van der Waals surface area contributed by atoms with Gasteiger partial charge in [0.1, 0.15) is 5.75 Å². The summed E-state index contributed by atoms with van der Waals surface area (Å²) < 4.78 is 6.24. The summed E-state index contributed by atoms with van der Waals surface area (Å²) in [6.45, 7) is 3.91. The first kappa shape index (κ1) is 15.6. The van der Waals surface area contributed by atoms with Gasteiger partial charge in [-0.1, -0.05) is 6.58 Å². The molecule has 0 atom stereocenters. The zero-order valence-electron chi connectivity index (χ0n) is 11.7. The molecule has 0 saturated carbocycles. The molecule has 0 aliphatic heterocycles. The SMILES string of the molecule is C=C(CC(=O)c1ccc(OC)cc1)Nc1ccc(I)cc1. The van der Waals surface area contributed by atoms with Crippen molar-refractivity contribution in [1.82, 2.24) is 0 Å². The van der Waals surface area contributed by atoms with Crippen LogP contribution in [0.2, 0.25) is 0 Å². The first-order valence-corrected chi connectivity index (χ1v) is 7.54. The number of hydrogen-bond donors (Lipinski definition) is 1. The van der Waals surface area contributed by atoms with Crippen LogP contribution in [0.1, 0.15) is 16.8 Å². The second kappa shape index (κ2) is 7.26. The molecule has 2 aromatic rings. The van der Waals surface area contributed by atoms with Gasteiger partial charge in [-0.15, -0.1) is 0 Å². The van der Waals surface area contributed by atoms with Gasteiger partial charge in [0.2, 0.25) is 0 Å². The first-order chi connectivity index (χ1) is 10.1. The average molecular weight is 393 g/mol. The summed E-state index contributed by atoms with van der Waals surface area (Å²) in [5.41, 5.74) is 2.27. The Kier molecular flexibility index (Phi) is 5.38. The lowest BCUT2D eigenvalue weighted by Gasteiger charge is -2.09. The van der Waals surface area contributed by atoms with Crippen molar-refractivity contribution in [3.8, 4) is 5.75 Å². The first-order valence-electron chi connectivity index (χ1n) is 6.46. The second-order valence-corrected chi connectivity index (χ2v) is 5.81. The molecule has 0 radical (unpaired) electrons. The van der Waals surface area contributed by atoms with Crippen molar-refractivity contribution in [2.75, 3.05) is 12.4 Å². The Morgan fingerprint density at radius 1 is 1.14 bits per heavy atom. The van der Waals surface area contributed by atoms with Gasteiger partial charge >= 0.3 is 0 Å². The van der Waals surface area contributed by atoms with Crippen molar-refractivity contribution in [2.45, 2.75) is 6.42 Å². The van der Waals surface area contributed by atoms with E-state index < -0.39 is 0 Å². The predicted molar refractivity (Wildman–Crippen MR) is 93.9 cm³/mol. The Bertz CT molecular complexity index is 633. The highest BCUT2D eigenvalue weighted by molar-refractivity contribution is 14.1. The summed E-state index contributed by atoms with van der Waals surface area (Å²) in [6, 6.07) is 15.0. The summed E-state index contributed by atoms with van der Waals surface area (Å²) in [5, 5.41) is 3.15. The van der Waals surface area contributed by atoms with Gasteiger partial charge in [-0.2, -0.15) is 0 Å². The van der Waals surface area contributed by atoms with Crippen molar-refractivity contribution < 1.29 is 9.53 Å². The van der Waals surface area contributed by atoms with E-state index in [0.717, 1.165) is 15.0 Å². The van der Waals surface area contributed by atoms with Crippen molar-refractivity contribution in [3.63, 3.8) is 0 Å². The Hall–Kier alpha value is -1.82. The normalized spacial score (nSPS) is 10.0. The molecule has 0 aromatic heterocycles. The smallest absolute Gasteiger partial charge is 0.168 e. The Balaban J connectivity index is 1.95. The minimum atomic E-state index is 0.0284. The molecule has 4 heteroatoms. The molecule has 0 unspecified atom stereocenters. The second-order valence-electron chi connectivity index (χ2n) is 4.56. The molecule has 0 fully saturated rings. The van der Waals surface area contributed by atoms with E-state index in [0.29, 0.717) is 11.3 Å². The van der Waals surface area contributed by atoms with Crippen LogP contribution < -0.4 is 10.1 Å². The third-order valence-electron chi connectivity index (χ3n) is 2.95. The van der Waals surface area contributed by atoms with Crippen LogP contribution in [0.25, 0.3) is 0 Å². The number of nitrogens with one attached hydrogen (secondary N) is 1. The van der Waals surface area contributed by atoms with E-state index in [1.54, 1.807) is 31.4 Å². The van der Waals surface area contributed by atoms with Gasteiger partial charge < -0.3 is 10.1 Å². The van der Waals surface area contributed by atoms with Crippen LogP contribution >= 0.6 is 22.6 Å². The van der Waals surface area contributed by atoms with E-state index in [1.165, 1.54) is 0 Å². The molecule has 0 aliphatic rings. The number of anilines is 1. The standard InChI is InChI=1S/C17H16INO2/c1-12(19-15-7-5-14(18)6-8-15)11-17(20)13-3-9-16(21-2)10-4-13/h3-10,19H,1,11H2,2H3. The molecule has 0 spiro atoms. The van der Waals surface area contributed by atoms with Crippen molar-refractivity contribution in [1.29, 1.82) is 0 Å². The number of halogens is 1. The van der Waals surface area contributed by atoms with E-state index in [4.69, 9.17) is 4.74 Å². The lowest BCUT2D eigenvalue weighted by Crippen LogP contribution is -2.06. The maximum absolute atomic E-state index is 12.2. The Morgan fingerprint density at radius 3 is 2.33 bits per heavy atom. The summed E-state index contributed by atoms with van der Waals surface area (Å²) >= 11 is 2.25. The molecule has 0 saturated heterocycles. The Labute approximate surface area is 138 Å². The number of methoxy groups -OCH3 is 1. The van der Waals surface area contributed by atoms with Crippen LogP contribution in [0.15, 0.2) is 60.8 Å². The molecular weight excluding hydrogens is 377 g/mol. The molecule has 2 rings (SSSR count). The van der Waals surface area contributed by atoms with E-state index >= 15 is 0 Å². The van der Waals surface area contributed by atoms with Crippen LogP contribution in [0, 0.1) is 3.57 Å². The molecule has 108 valence electrons. The van der Waals surface area contributed by atoms with Crippen molar-refractivity contribution in [2.24, 2.45) is 0 Å². The number of ether oxygens (including phenoxy) is 1. The van der Waals surface area contributed by atoms with Gasteiger partial charge in [0, 0.05) is 20.5 Å². The van der Waals surface area contributed by atoms with Gasteiger partial charge in [0.15, 0.2) is 5.78 Å². The number of benzene rings is 2. The number of Topliss-reactive ketones (excluding diaryl/α,β-unsaturated/α-hetero) is 1. The predicted octanol–water partition coefficient (Wildman–Crippen LogP) is 4.50. The highest BCUT2D eigenvalue weighted by Gasteiger charge is 2.08. The molecule has 3 nitrogen and oxygen atoms in total. The number of carbonyl (C=O) groups excluding carboxylic acids is 1. The quantitative estimate of drug-likeness (QED) is 0.580. The summed E-state index contributed by atoms with van der Waals surface area (Å²) in [5.74, 6) is 0.767. The lowest BCUT2D eigenvalue weighted by molar-refractivity contribution is 0.0993. The maximum Gasteiger partial charge on any atom is 0.168 e. The molecule has 0 bridgehead atoms. The summed E-state index contributed by atoms with van der Waals surface area (Å²) in [6.07, 6.45) is 0.262. The molecule has 0 aliphatic carbocycles. The van der Waals surface area contributed by atoms with E-state index in [9.17, 15) is 4.79 Å². The fraction of sp³-hybridized carbons (Fsp3) is 0.118. The third kappa shape index (κ3) is 4.60. The molecular formula is C17H16INO2. The van der Waals surface area contributed by atoms with E-state index in [-0.39, 0.29) is 12.2 Å². The zero-order chi connectivity index (χ0) is 15.2. The van der Waals surface area contributed by atoms with Crippen LogP contribution in [0.4, 0.5) is 5.69 Å². The number of rotatable bonds is 6. The number of carbonyl (C=O) groups is 1. The zero-order valence-corrected chi connectivity index (χ0v) is 13.9. The van der Waals surface area contributed by atoms with Gasteiger partial charge in [-0.05, 0) is 71.1 Å². The molecule has 0 heterocycles. The summed E-state index contributed by atoms with van der Waals surface area (Å²) in [4.78, 5) is 12.2. The number of allylic oxidation sites excluding steroid dienone is 1. The number of hydrogen-bond acceptors (Lipinski definition) is 3. The van der Waals surface area contributed by atoms with Crippen molar-refractivity contribution >= 4 is 34.1 Å². The van der Waals surface area contributed by atoms with Gasteiger partial charge in [-0.3, -0.25) is 4.79 Å². The number of ketones is 1. The highest BCUT2D eigenvalue weighted by atomic mass is 127. The molecule has 1 N–H and O–H groups in total. The monoisotopic (exact) mass is 393 g/mol. The minimum absolute atomic E-state index is 0.0284.